The lowest BCUT2D eigenvalue weighted by molar-refractivity contribution is -0.369. The molecule has 0 aromatic heterocycles. The van der Waals surface area contributed by atoms with Gasteiger partial charge >= 0.3 is 65.7 Å². The van der Waals surface area contributed by atoms with Crippen molar-refractivity contribution in [1.82, 2.24) is 5.32 Å². The summed E-state index contributed by atoms with van der Waals surface area (Å²) in [4.78, 5) is 152. The maximum Gasteiger partial charge on any atom is 0.303 e. The third-order valence-electron chi connectivity index (χ3n) is 9.14. The van der Waals surface area contributed by atoms with Crippen molar-refractivity contribution >= 4 is 71.6 Å². The van der Waals surface area contributed by atoms with Crippen LogP contribution in [0.15, 0.2) is 0 Å². The zero-order valence-electron chi connectivity index (χ0n) is 40.4. The molecule has 1 amide bonds. The Morgan fingerprint density at radius 2 is 0.829 bits per heavy atom. The van der Waals surface area contributed by atoms with Crippen molar-refractivity contribution < 1.29 is 129 Å². The predicted molar refractivity (Wildman–Crippen MR) is 220 cm³/mol. The van der Waals surface area contributed by atoms with Crippen molar-refractivity contribution in [2.24, 2.45) is 0 Å². The Hall–Kier alpha value is -6.52. The van der Waals surface area contributed by atoms with Crippen molar-refractivity contribution in [3.05, 3.63) is 0 Å². The Labute approximate surface area is 400 Å². The third-order valence-corrected chi connectivity index (χ3v) is 9.14. The Balaban J connectivity index is 3.09. The van der Waals surface area contributed by atoms with Crippen molar-refractivity contribution in [2.75, 3.05) is 26.4 Å². The highest BCUT2D eigenvalue weighted by molar-refractivity contribution is 5.84. The Bertz CT molecular complexity index is 1920. The number of ether oxygens (including phenoxy) is 15. The Kier molecular flexibility index (Phi) is 24.0. The van der Waals surface area contributed by atoms with Crippen LogP contribution in [-0.4, -0.2) is 184 Å². The summed E-state index contributed by atoms with van der Waals surface area (Å²) in [5, 5.41) is 2.39. The molecule has 394 valence electrons. The lowest BCUT2D eigenvalue weighted by Gasteiger charge is -2.49. The van der Waals surface area contributed by atoms with E-state index in [1.165, 1.54) is 6.92 Å². The number of likely N-dealkylation sites (N-methyl/N-ethyl adjacent to an activating group) is 1. The molecule has 2 heterocycles. The summed E-state index contributed by atoms with van der Waals surface area (Å²) in [7, 11) is 0. The van der Waals surface area contributed by atoms with Gasteiger partial charge in [-0.3, -0.25) is 57.5 Å². The molecule has 28 nitrogen and oxygen atoms in total. The SMILES string of the molecule is CCNC(=O)[C@H](OC(C)=O)[C@@H](OC(C)=O)[C@H](O[C@H]1O[C@H](COC(C)=O)[C@@H](O[C@H]2O[C@H](COC(C)=O)[C@@H](OC(C)=O)[C@H](OC(C)=O)[C@H]2OC(C)=O)[C@H](OC(C)=O)[C@H]1OC(C)=O)[C@@H](COC(C)=O)OC(C)=O. The van der Waals surface area contributed by atoms with Crippen molar-refractivity contribution in [3.8, 4) is 0 Å². The molecule has 0 unspecified atom stereocenters. The first-order chi connectivity index (χ1) is 32.6. The van der Waals surface area contributed by atoms with Gasteiger partial charge in [0.2, 0.25) is 6.10 Å². The molecule has 2 fully saturated rings. The van der Waals surface area contributed by atoms with Crippen LogP contribution in [0.1, 0.15) is 83.1 Å². The number of rotatable bonds is 23. The smallest absolute Gasteiger partial charge is 0.303 e. The Morgan fingerprint density at radius 1 is 0.429 bits per heavy atom. The summed E-state index contributed by atoms with van der Waals surface area (Å²) >= 11 is 0. The average molecular weight is 1010 g/mol. The second kappa shape index (κ2) is 28.2. The summed E-state index contributed by atoms with van der Waals surface area (Å²) < 4.78 is 84.6. The normalized spacial score (nSPS) is 25.5. The molecule has 2 rings (SSSR count). The number of esters is 11. The van der Waals surface area contributed by atoms with Crippen molar-refractivity contribution in [1.29, 1.82) is 0 Å². The molecule has 2 aliphatic heterocycles. The minimum absolute atomic E-state index is 0.0845. The predicted octanol–water partition coefficient (Wildman–Crippen LogP) is -1.51. The van der Waals surface area contributed by atoms with Gasteiger partial charge in [-0.25, -0.2) is 0 Å². The summed E-state index contributed by atoms with van der Waals surface area (Å²) in [6, 6.07) is 0. The van der Waals surface area contributed by atoms with E-state index in [1.54, 1.807) is 0 Å². The van der Waals surface area contributed by atoms with Crippen LogP contribution in [0, 0.1) is 0 Å². The first-order valence-electron chi connectivity index (χ1n) is 21.3. The molecule has 0 aliphatic carbocycles. The van der Waals surface area contributed by atoms with E-state index in [9.17, 15) is 57.5 Å². The molecule has 0 aromatic rings. The second-order valence-corrected chi connectivity index (χ2v) is 15.2. The first kappa shape index (κ1) is 59.6. The van der Waals surface area contributed by atoms with Crippen LogP contribution in [-0.2, 0) is 129 Å². The molecular formula is C42H59NO27. The van der Waals surface area contributed by atoms with Crippen LogP contribution >= 0.6 is 0 Å². The first-order valence-corrected chi connectivity index (χ1v) is 21.3. The largest absolute Gasteiger partial charge is 0.463 e. The molecule has 1 N–H and O–H groups in total. The van der Waals surface area contributed by atoms with E-state index < -0.39 is 177 Å². The molecule has 0 radical (unpaired) electrons. The highest BCUT2D eigenvalue weighted by atomic mass is 16.8. The topological polar surface area (TPSA) is 355 Å². The van der Waals surface area contributed by atoms with Crippen LogP contribution in [0.4, 0.5) is 0 Å². The van der Waals surface area contributed by atoms with Gasteiger partial charge in [-0.15, -0.1) is 0 Å². The highest BCUT2D eigenvalue weighted by Crippen LogP contribution is 2.37. The molecule has 14 atom stereocenters. The zero-order chi connectivity index (χ0) is 53.2. The Morgan fingerprint density at radius 3 is 1.26 bits per heavy atom. The van der Waals surface area contributed by atoms with E-state index in [4.69, 9.17) is 71.1 Å². The fourth-order valence-electron chi connectivity index (χ4n) is 6.94. The zero-order valence-corrected chi connectivity index (χ0v) is 40.4. The molecule has 0 bridgehead atoms. The minimum Gasteiger partial charge on any atom is -0.463 e. The maximum absolute atomic E-state index is 13.6. The summed E-state index contributed by atoms with van der Waals surface area (Å²) in [5.41, 5.74) is 0. The monoisotopic (exact) mass is 1010 g/mol. The van der Waals surface area contributed by atoms with Crippen LogP contribution in [0.25, 0.3) is 0 Å². The van der Waals surface area contributed by atoms with Gasteiger partial charge in [-0.05, 0) is 6.92 Å². The maximum atomic E-state index is 13.6. The lowest BCUT2D eigenvalue weighted by atomic mass is 9.95. The summed E-state index contributed by atoms with van der Waals surface area (Å²) in [5.74, 6) is -12.5. The molecule has 2 saturated heterocycles. The van der Waals surface area contributed by atoms with Gasteiger partial charge in [0.25, 0.3) is 5.91 Å². The molecule has 28 heteroatoms. The molecular weight excluding hydrogens is 950 g/mol. The van der Waals surface area contributed by atoms with Gasteiger partial charge in [-0.1, -0.05) is 0 Å². The van der Waals surface area contributed by atoms with E-state index in [2.05, 4.69) is 5.32 Å². The van der Waals surface area contributed by atoms with Gasteiger partial charge in [-0.2, -0.15) is 0 Å². The molecule has 70 heavy (non-hydrogen) atoms. The van der Waals surface area contributed by atoms with Gasteiger partial charge in [0.1, 0.15) is 44.2 Å². The minimum atomic E-state index is -2.23. The van der Waals surface area contributed by atoms with Gasteiger partial charge in [0.05, 0.1) is 0 Å². The molecule has 0 aromatic carbocycles. The number of carbonyl (C=O) groups excluding carboxylic acids is 12. The lowest BCUT2D eigenvalue weighted by Crippen LogP contribution is -2.68. The average Bonchev–Trinajstić information content (AvgIpc) is 3.21. The number of hydrogen-bond acceptors (Lipinski definition) is 27. The van der Waals surface area contributed by atoms with Crippen molar-refractivity contribution in [2.45, 2.75) is 169 Å². The summed E-state index contributed by atoms with van der Waals surface area (Å²) in [6.07, 6.45) is -27.7. The highest BCUT2D eigenvalue weighted by Gasteiger charge is 2.59. The quantitative estimate of drug-likeness (QED) is 0.0897. The number of amides is 1. The number of hydrogen-bond donors (Lipinski definition) is 1. The van der Waals surface area contributed by atoms with E-state index in [0.717, 1.165) is 76.2 Å². The number of nitrogens with one attached hydrogen (secondary N) is 1. The van der Waals surface area contributed by atoms with Gasteiger partial charge in [0.15, 0.2) is 55.3 Å². The van der Waals surface area contributed by atoms with Crippen LogP contribution in [0.5, 0.6) is 0 Å². The van der Waals surface area contributed by atoms with Crippen LogP contribution < -0.4 is 5.32 Å². The fourth-order valence-corrected chi connectivity index (χ4v) is 6.94. The van der Waals surface area contributed by atoms with E-state index in [0.29, 0.717) is 0 Å². The van der Waals surface area contributed by atoms with Gasteiger partial charge < -0.3 is 76.4 Å². The number of carbonyl (C=O) groups is 12. The third kappa shape index (κ3) is 19.5. The van der Waals surface area contributed by atoms with Crippen molar-refractivity contribution in [3.63, 3.8) is 0 Å². The van der Waals surface area contributed by atoms with Crippen LogP contribution in [0.3, 0.4) is 0 Å². The second-order valence-electron chi connectivity index (χ2n) is 15.2. The van der Waals surface area contributed by atoms with E-state index >= 15 is 0 Å². The fraction of sp³-hybridized carbons (Fsp3) is 0.714. The standard InChI is InChI=1S/C42H59NO27/c1-13-43-40(55)37(64-25(10)52)34(61-22(7)49)32(28(59-20(5)47)14-56-17(2)44)69-42-39(66-27(12)54)36(63-24(9)51)33(30(68-42)16-58-19(4)46)70-41-38(65-26(11)53)35(62-23(8)50)31(60-21(6)48)29(67-41)15-57-18(3)45/h28-39,41-42H,13-16H2,1-12H3,(H,43,55)/t28-,29-,30-,31-,32-,33-,34+,35+,36+,37-,38-,39-,41-,42-/m1/s1. The van der Waals surface area contributed by atoms with E-state index in [1.807, 2.05) is 0 Å². The summed E-state index contributed by atoms with van der Waals surface area (Å²) in [6.45, 7) is 9.17. The molecule has 0 spiro atoms. The molecule has 0 saturated carbocycles. The van der Waals surface area contributed by atoms with Gasteiger partial charge in [0, 0.05) is 82.7 Å². The van der Waals surface area contributed by atoms with Crippen LogP contribution in [0.2, 0.25) is 0 Å². The van der Waals surface area contributed by atoms with E-state index in [-0.39, 0.29) is 6.54 Å². The molecule has 2 aliphatic rings.